The molecule has 1 aliphatic rings. The van der Waals surface area contributed by atoms with Gasteiger partial charge >= 0.3 is 0 Å². The zero-order valence-electron chi connectivity index (χ0n) is 5.78. The molecule has 0 aromatic carbocycles. The van der Waals surface area contributed by atoms with E-state index in [1.54, 1.807) is 5.51 Å². The number of nitriles is 1. The van der Waals surface area contributed by atoms with E-state index in [-0.39, 0.29) is 5.92 Å². The van der Waals surface area contributed by atoms with E-state index >= 15 is 0 Å². The van der Waals surface area contributed by atoms with Crippen LogP contribution in [0.25, 0.3) is 0 Å². The largest absolute Gasteiger partial charge is 0.477 e. The SMILES string of the molecule is N#C[C@H]1CCOc2ncsc21. The summed E-state index contributed by atoms with van der Waals surface area (Å²) < 4.78 is 5.24. The lowest BCUT2D eigenvalue weighted by atomic mass is 10.1. The van der Waals surface area contributed by atoms with Gasteiger partial charge in [-0.05, 0) is 0 Å². The number of ether oxygens (including phenoxy) is 1. The molecule has 0 aliphatic carbocycles. The molecule has 11 heavy (non-hydrogen) atoms. The summed E-state index contributed by atoms with van der Waals surface area (Å²) in [6.45, 7) is 0.620. The minimum absolute atomic E-state index is 0.00579. The minimum atomic E-state index is 0.00579. The molecule has 0 bridgehead atoms. The average Bonchev–Trinajstić information content (AvgIpc) is 2.50. The normalized spacial score (nSPS) is 21.5. The van der Waals surface area contributed by atoms with Gasteiger partial charge in [0.1, 0.15) is 0 Å². The highest BCUT2D eigenvalue weighted by Gasteiger charge is 2.23. The molecule has 1 aromatic heterocycles. The number of hydrogen-bond donors (Lipinski definition) is 0. The maximum Gasteiger partial charge on any atom is 0.229 e. The molecular weight excluding hydrogens is 160 g/mol. The summed E-state index contributed by atoms with van der Waals surface area (Å²) in [6, 6.07) is 2.24. The van der Waals surface area contributed by atoms with E-state index in [1.807, 2.05) is 0 Å². The Bertz CT molecular complexity index is 302. The number of fused-ring (bicyclic) bond motifs is 1. The van der Waals surface area contributed by atoms with E-state index in [9.17, 15) is 0 Å². The minimum Gasteiger partial charge on any atom is -0.477 e. The fourth-order valence-corrected chi connectivity index (χ4v) is 1.92. The quantitative estimate of drug-likeness (QED) is 0.587. The van der Waals surface area contributed by atoms with E-state index in [0.717, 1.165) is 11.3 Å². The molecule has 1 aliphatic heterocycles. The summed E-state index contributed by atoms with van der Waals surface area (Å²) >= 11 is 1.50. The molecule has 0 spiro atoms. The Morgan fingerprint density at radius 3 is 3.55 bits per heavy atom. The summed E-state index contributed by atoms with van der Waals surface area (Å²) in [6.07, 6.45) is 0.797. The molecule has 1 aromatic rings. The van der Waals surface area contributed by atoms with Crippen molar-refractivity contribution in [3.8, 4) is 11.9 Å². The molecule has 0 saturated carbocycles. The predicted octanol–water partition coefficient (Wildman–Crippen LogP) is 1.53. The second-order valence-electron chi connectivity index (χ2n) is 2.34. The second-order valence-corrected chi connectivity index (χ2v) is 3.23. The first-order valence-corrected chi connectivity index (χ1v) is 4.25. The van der Waals surface area contributed by atoms with Crippen molar-refractivity contribution < 1.29 is 4.74 Å². The summed E-state index contributed by atoms with van der Waals surface area (Å²) in [4.78, 5) is 4.99. The third kappa shape index (κ3) is 0.976. The molecule has 4 heteroatoms. The lowest BCUT2D eigenvalue weighted by molar-refractivity contribution is 0.273. The van der Waals surface area contributed by atoms with Crippen molar-refractivity contribution in [1.29, 1.82) is 5.26 Å². The van der Waals surface area contributed by atoms with Gasteiger partial charge in [-0.25, -0.2) is 4.98 Å². The van der Waals surface area contributed by atoms with Gasteiger partial charge < -0.3 is 4.74 Å². The first-order valence-electron chi connectivity index (χ1n) is 3.37. The van der Waals surface area contributed by atoms with Crippen LogP contribution in [0, 0.1) is 11.3 Å². The first-order chi connectivity index (χ1) is 5.42. The summed E-state index contributed by atoms with van der Waals surface area (Å²) in [5.74, 6) is 0.666. The number of aromatic nitrogens is 1. The maximum atomic E-state index is 8.73. The van der Waals surface area contributed by atoms with Gasteiger partial charge in [0.15, 0.2) is 0 Å². The number of nitrogens with zero attached hydrogens (tertiary/aromatic N) is 2. The van der Waals surface area contributed by atoms with Crippen LogP contribution in [0.2, 0.25) is 0 Å². The smallest absolute Gasteiger partial charge is 0.229 e. The lowest BCUT2D eigenvalue weighted by Gasteiger charge is -2.15. The van der Waals surface area contributed by atoms with Crippen LogP contribution >= 0.6 is 11.3 Å². The lowest BCUT2D eigenvalue weighted by Crippen LogP contribution is -2.11. The van der Waals surface area contributed by atoms with E-state index in [2.05, 4.69) is 11.1 Å². The van der Waals surface area contributed by atoms with Crippen LogP contribution < -0.4 is 4.74 Å². The zero-order valence-corrected chi connectivity index (χ0v) is 6.60. The van der Waals surface area contributed by atoms with Crippen LogP contribution in [0.1, 0.15) is 17.2 Å². The first kappa shape index (κ1) is 6.62. The van der Waals surface area contributed by atoms with Crippen LogP contribution in [0.4, 0.5) is 0 Å². The van der Waals surface area contributed by atoms with Crippen molar-refractivity contribution >= 4 is 11.3 Å². The molecule has 0 amide bonds. The van der Waals surface area contributed by atoms with Gasteiger partial charge in [0, 0.05) is 6.42 Å². The third-order valence-corrected chi connectivity index (χ3v) is 2.60. The number of hydrogen-bond acceptors (Lipinski definition) is 4. The number of rotatable bonds is 0. The van der Waals surface area contributed by atoms with Gasteiger partial charge in [0.2, 0.25) is 5.88 Å². The molecule has 0 saturated heterocycles. The van der Waals surface area contributed by atoms with Crippen LogP contribution in [0.15, 0.2) is 5.51 Å². The molecule has 0 unspecified atom stereocenters. The van der Waals surface area contributed by atoms with Gasteiger partial charge in [-0.3, -0.25) is 0 Å². The van der Waals surface area contributed by atoms with Crippen molar-refractivity contribution in [1.82, 2.24) is 4.98 Å². The molecule has 0 N–H and O–H groups in total. The summed E-state index contributed by atoms with van der Waals surface area (Å²) in [5.41, 5.74) is 1.72. The molecule has 1 atom stereocenters. The fraction of sp³-hybridized carbons (Fsp3) is 0.429. The molecule has 3 nitrogen and oxygen atoms in total. The predicted molar refractivity (Wildman–Crippen MR) is 40.6 cm³/mol. The van der Waals surface area contributed by atoms with E-state index in [0.29, 0.717) is 12.5 Å². The van der Waals surface area contributed by atoms with Crippen molar-refractivity contribution in [2.75, 3.05) is 6.61 Å². The van der Waals surface area contributed by atoms with Crippen molar-refractivity contribution in [2.45, 2.75) is 12.3 Å². The van der Waals surface area contributed by atoms with E-state index in [4.69, 9.17) is 10.00 Å². The van der Waals surface area contributed by atoms with Crippen LogP contribution in [0.3, 0.4) is 0 Å². The topological polar surface area (TPSA) is 45.9 Å². The molecule has 0 fully saturated rings. The summed E-state index contributed by atoms with van der Waals surface area (Å²) in [7, 11) is 0. The highest BCUT2D eigenvalue weighted by atomic mass is 32.1. The standard InChI is InChI=1S/C7H6N2OS/c8-3-5-1-2-10-7-6(5)11-4-9-7/h4-5H,1-2H2/t5-/m1/s1. The molecule has 2 heterocycles. The summed E-state index contributed by atoms with van der Waals surface area (Å²) in [5, 5.41) is 8.73. The Labute approximate surface area is 68.3 Å². The van der Waals surface area contributed by atoms with Crippen molar-refractivity contribution in [3.05, 3.63) is 10.4 Å². The maximum absolute atomic E-state index is 8.73. The highest BCUT2D eigenvalue weighted by molar-refractivity contribution is 7.10. The van der Waals surface area contributed by atoms with Gasteiger partial charge in [0.05, 0.1) is 29.0 Å². The van der Waals surface area contributed by atoms with Gasteiger partial charge in [-0.15, -0.1) is 11.3 Å². The Hall–Kier alpha value is -1.08. The molecule has 56 valence electrons. The molecular formula is C7H6N2OS. The number of thiazole rings is 1. The van der Waals surface area contributed by atoms with Gasteiger partial charge in [-0.1, -0.05) is 0 Å². The fourth-order valence-electron chi connectivity index (χ4n) is 1.11. The highest BCUT2D eigenvalue weighted by Crippen LogP contribution is 2.34. The Morgan fingerprint density at radius 2 is 2.73 bits per heavy atom. The Balaban J connectivity index is 2.41. The van der Waals surface area contributed by atoms with Crippen LogP contribution in [0.5, 0.6) is 5.88 Å². The molecule has 2 rings (SSSR count). The van der Waals surface area contributed by atoms with Crippen LogP contribution in [-0.2, 0) is 0 Å². The second kappa shape index (κ2) is 2.51. The monoisotopic (exact) mass is 166 g/mol. The van der Waals surface area contributed by atoms with Gasteiger partial charge in [-0.2, -0.15) is 5.26 Å². The molecule has 0 radical (unpaired) electrons. The Kier molecular flexibility index (Phi) is 1.51. The van der Waals surface area contributed by atoms with E-state index < -0.39 is 0 Å². The van der Waals surface area contributed by atoms with Crippen molar-refractivity contribution in [2.24, 2.45) is 0 Å². The Morgan fingerprint density at radius 1 is 1.82 bits per heavy atom. The van der Waals surface area contributed by atoms with Gasteiger partial charge in [0.25, 0.3) is 0 Å². The van der Waals surface area contributed by atoms with Crippen molar-refractivity contribution in [3.63, 3.8) is 0 Å². The third-order valence-electron chi connectivity index (χ3n) is 1.68. The van der Waals surface area contributed by atoms with E-state index in [1.165, 1.54) is 11.3 Å². The average molecular weight is 166 g/mol. The zero-order chi connectivity index (χ0) is 7.68. The van der Waals surface area contributed by atoms with Crippen LogP contribution in [-0.4, -0.2) is 11.6 Å².